The lowest BCUT2D eigenvalue weighted by molar-refractivity contribution is -0.137. The Morgan fingerprint density at radius 2 is 1.66 bits per heavy atom. The number of halogens is 4. The van der Waals surface area contributed by atoms with Gasteiger partial charge >= 0.3 is 12.2 Å². The second-order valence-corrected chi connectivity index (χ2v) is 6.35. The third-order valence-electron chi connectivity index (χ3n) is 4.08. The van der Waals surface area contributed by atoms with Gasteiger partial charge in [0.2, 0.25) is 0 Å². The predicted molar refractivity (Wildman–Crippen MR) is 108 cm³/mol. The van der Waals surface area contributed by atoms with E-state index >= 15 is 0 Å². The van der Waals surface area contributed by atoms with Crippen LogP contribution < -0.4 is 20.7 Å². The molecule has 166 valence electrons. The van der Waals surface area contributed by atoms with E-state index in [1.165, 1.54) is 43.6 Å². The first-order valence-corrected chi connectivity index (χ1v) is 9.06. The number of pyridine rings is 1. The lowest BCUT2D eigenvalue weighted by Gasteiger charge is -2.12. The van der Waals surface area contributed by atoms with Crippen molar-refractivity contribution in [1.82, 2.24) is 10.3 Å². The van der Waals surface area contributed by atoms with Crippen LogP contribution in [-0.2, 0) is 6.18 Å². The van der Waals surface area contributed by atoms with E-state index in [0.717, 1.165) is 0 Å². The number of nitrogens with zero attached hydrogens (tertiary/aromatic N) is 1. The molecule has 3 N–H and O–H groups in total. The number of carbonyl (C=O) groups excluding carboxylic acids is 2. The number of benzene rings is 2. The average molecular weight is 448 g/mol. The van der Waals surface area contributed by atoms with E-state index in [1.807, 2.05) is 5.32 Å². The third kappa shape index (κ3) is 5.72. The monoisotopic (exact) mass is 448 g/mol. The summed E-state index contributed by atoms with van der Waals surface area (Å²) in [7, 11) is 1.47. The number of urea groups is 1. The highest BCUT2D eigenvalue weighted by atomic mass is 19.4. The molecule has 32 heavy (non-hydrogen) atoms. The number of hydrogen-bond acceptors (Lipinski definition) is 4. The van der Waals surface area contributed by atoms with Crippen LogP contribution in [0.15, 0.2) is 60.8 Å². The Labute approximate surface area is 179 Å². The Balaban J connectivity index is 1.64. The predicted octanol–water partition coefficient (Wildman–Crippen LogP) is 5.04. The van der Waals surface area contributed by atoms with E-state index in [2.05, 4.69) is 15.6 Å². The number of alkyl halides is 3. The van der Waals surface area contributed by atoms with E-state index in [1.54, 1.807) is 6.07 Å². The summed E-state index contributed by atoms with van der Waals surface area (Å²) in [6.45, 7) is 0. The molecule has 0 atom stereocenters. The van der Waals surface area contributed by atoms with Crippen LogP contribution in [0.5, 0.6) is 11.5 Å². The number of amides is 3. The molecule has 2 aromatic carbocycles. The van der Waals surface area contributed by atoms with Gasteiger partial charge in [0.1, 0.15) is 23.0 Å². The first-order valence-electron chi connectivity index (χ1n) is 9.06. The van der Waals surface area contributed by atoms with Gasteiger partial charge in [-0.25, -0.2) is 9.18 Å². The molecule has 0 aliphatic heterocycles. The van der Waals surface area contributed by atoms with E-state index in [-0.39, 0.29) is 17.3 Å². The molecule has 0 unspecified atom stereocenters. The van der Waals surface area contributed by atoms with Crippen molar-refractivity contribution < 1.29 is 31.9 Å². The van der Waals surface area contributed by atoms with Gasteiger partial charge in [-0.1, -0.05) is 0 Å². The highest BCUT2D eigenvalue weighted by Gasteiger charge is 2.31. The Hall–Kier alpha value is -4.15. The zero-order valence-corrected chi connectivity index (χ0v) is 16.5. The number of anilines is 2. The van der Waals surface area contributed by atoms with Crippen molar-refractivity contribution in [3.05, 3.63) is 77.9 Å². The molecule has 0 saturated heterocycles. The Bertz CT molecular complexity index is 1130. The normalized spacial score (nSPS) is 10.9. The first-order chi connectivity index (χ1) is 15.2. The van der Waals surface area contributed by atoms with Gasteiger partial charge in [0.15, 0.2) is 0 Å². The number of aromatic nitrogens is 1. The highest BCUT2D eigenvalue weighted by molar-refractivity contribution is 5.99. The molecular weight excluding hydrogens is 432 g/mol. The van der Waals surface area contributed by atoms with E-state index < -0.39 is 29.3 Å². The van der Waals surface area contributed by atoms with Gasteiger partial charge in [-0.05, 0) is 48.5 Å². The number of ether oxygens (including phenoxy) is 1. The van der Waals surface area contributed by atoms with Gasteiger partial charge in [-0.3, -0.25) is 9.78 Å². The fourth-order valence-corrected chi connectivity index (χ4v) is 2.55. The largest absolute Gasteiger partial charge is 0.457 e. The lowest BCUT2D eigenvalue weighted by Crippen LogP contribution is -2.20. The third-order valence-corrected chi connectivity index (χ3v) is 4.08. The molecule has 1 heterocycles. The molecule has 7 nitrogen and oxygen atoms in total. The Morgan fingerprint density at radius 1 is 0.938 bits per heavy atom. The maximum absolute atomic E-state index is 13.8. The van der Waals surface area contributed by atoms with E-state index in [4.69, 9.17) is 4.74 Å². The minimum absolute atomic E-state index is 0.168. The molecule has 0 bridgehead atoms. The van der Waals surface area contributed by atoms with Gasteiger partial charge in [0, 0.05) is 25.0 Å². The topological polar surface area (TPSA) is 92.4 Å². The Kier molecular flexibility index (Phi) is 6.57. The summed E-state index contributed by atoms with van der Waals surface area (Å²) in [5.41, 5.74) is -1.25. The van der Waals surface area contributed by atoms with Crippen molar-refractivity contribution in [3.8, 4) is 11.5 Å². The molecule has 0 fully saturated rings. The minimum Gasteiger partial charge on any atom is -0.457 e. The molecule has 3 aromatic rings. The average Bonchev–Trinajstić information content (AvgIpc) is 2.75. The van der Waals surface area contributed by atoms with Gasteiger partial charge < -0.3 is 20.7 Å². The van der Waals surface area contributed by atoms with Gasteiger partial charge in [0.25, 0.3) is 5.91 Å². The van der Waals surface area contributed by atoms with Crippen molar-refractivity contribution >= 4 is 23.3 Å². The van der Waals surface area contributed by atoms with Crippen LogP contribution in [0.25, 0.3) is 0 Å². The number of hydrogen-bond donors (Lipinski definition) is 3. The van der Waals surface area contributed by atoms with E-state index in [9.17, 15) is 27.2 Å². The maximum Gasteiger partial charge on any atom is 0.416 e. The summed E-state index contributed by atoms with van der Waals surface area (Å²) in [6.07, 6.45) is -3.26. The van der Waals surface area contributed by atoms with Crippen LogP contribution in [0.2, 0.25) is 0 Å². The molecular formula is C21H16F4N4O3. The van der Waals surface area contributed by atoms with Crippen molar-refractivity contribution in [2.24, 2.45) is 0 Å². The van der Waals surface area contributed by atoms with Crippen LogP contribution in [0.3, 0.4) is 0 Å². The number of rotatable bonds is 5. The van der Waals surface area contributed by atoms with Crippen molar-refractivity contribution in [3.63, 3.8) is 0 Å². The SMILES string of the molecule is CNC(=O)c1cc(Oc2ccc(NC(=O)Nc3cc(C(F)(F)F)ccc3F)cc2)ccn1. The van der Waals surface area contributed by atoms with Crippen LogP contribution in [0.4, 0.5) is 33.7 Å². The fourth-order valence-electron chi connectivity index (χ4n) is 2.55. The molecule has 0 saturated carbocycles. The molecule has 3 amide bonds. The minimum atomic E-state index is -4.67. The van der Waals surface area contributed by atoms with Crippen LogP contribution in [-0.4, -0.2) is 24.0 Å². The van der Waals surface area contributed by atoms with Crippen LogP contribution >= 0.6 is 0 Å². The van der Waals surface area contributed by atoms with Crippen molar-refractivity contribution in [2.75, 3.05) is 17.7 Å². The van der Waals surface area contributed by atoms with E-state index in [0.29, 0.717) is 29.7 Å². The smallest absolute Gasteiger partial charge is 0.416 e. The molecule has 3 rings (SSSR count). The first kappa shape index (κ1) is 22.5. The van der Waals surface area contributed by atoms with Gasteiger partial charge in [0.05, 0.1) is 11.3 Å². The summed E-state index contributed by atoms with van der Waals surface area (Å²) in [4.78, 5) is 27.6. The highest BCUT2D eigenvalue weighted by Crippen LogP contribution is 2.32. The van der Waals surface area contributed by atoms with Crippen LogP contribution in [0.1, 0.15) is 16.1 Å². The summed E-state index contributed by atoms with van der Waals surface area (Å²) in [6, 6.07) is 9.75. The second-order valence-electron chi connectivity index (χ2n) is 6.35. The molecule has 0 spiro atoms. The second kappa shape index (κ2) is 9.33. The molecule has 1 aromatic heterocycles. The Morgan fingerprint density at radius 3 is 2.31 bits per heavy atom. The standard InChI is InChI=1S/C21H16F4N4O3/c1-26-19(30)18-11-15(8-9-27-18)32-14-5-3-13(4-6-14)28-20(31)29-17-10-12(21(23,24)25)2-7-16(17)22/h2-11H,1H3,(H,26,30)(H2,28,29,31). The number of carbonyl (C=O) groups is 2. The quantitative estimate of drug-likeness (QED) is 0.477. The zero-order valence-electron chi connectivity index (χ0n) is 16.5. The summed E-state index contributed by atoms with van der Waals surface area (Å²) >= 11 is 0. The lowest BCUT2D eigenvalue weighted by atomic mass is 10.2. The summed E-state index contributed by atoms with van der Waals surface area (Å²) in [5, 5.41) is 6.88. The molecule has 11 heteroatoms. The number of nitrogens with one attached hydrogen (secondary N) is 3. The zero-order chi connectivity index (χ0) is 23.3. The molecule has 0 radical (unpaired) electrons. The summed E-state index contributed by atoms with van der Waals surface area (Å²) < 4.78 is 57.7. The fraction of sp³-hybridized carbons (Fsp3) is 0.0952. The van der Waals surface area contributed by atoms with Crippen LogP contribution in [0, 0.1) is 5.82 Å². The molecule has 0 aliphatic carbocycles. The van der Waals surface area contributed by atoms with Crippen molar-refractivity contribution in [1.29, 1.82) is 0 Å². The summed E-state index contributed by atoms with van der Waals surface area (Å²) in [5.74, 6) is -0.644. The van der Waals surface area contributed by atoms with Gasteiger partial charge in [-0.2, -0.15) is 13.2 Å². The maximum atomic E-state index is 13.8. The molecule has 0 aliphatic rings. The van der Waals surface area contributed by atoms with Crippen molar-refractivity contribution in [2.45, 2.75) is 6.18 Å². The van der Waals surface area contributed by atoms with Gasteiger partial charge in [-0.15, -0.1) is 0 Å².